The summed E-state index contributed by atoms with van der Waals surface area (Å²) in [5, 5.41) is 14.5. The molecule has 0 aliphatic carbocycles. The van der Waals surface area contributed by atoms with Crippen molar-refractivity contribution in [1.82, 2.24) is 25.4 Å². The minimum Gasteiger partial charge on any atom is -0.406 e. The van der Waals surface area contributed by atoms with E-state index in [9.17, 15) is 13.2 Å². The summed E-state index contributed by atoms with van der Waals surface area (Å²) >= 11 is 0. The number of aryl methyl sites for hydroxylation is 1. The van der Waals surface area contributed by atoms with Crippen LogP contribution >= 0.6 is 24.0 Å². The molecule has 2 aromatic rings. The van der Waals surface area contributed by atoms with Crippen molar-refractivity contribution in [2.75, 3.05) is 13.1 Å². The Balaban J connectivity index is 0.00000450. The number of guanidine groups is 1. The number of alkyl halides is 3. The van der Waals surface area contributed by atoms with Crippen LogP contribution in [-0.4, -0.2) is 40.2 Å². The Bertz CT molecular complexity index is 764. The molecular weight excluding hydrogens is 512 g/mol. The van der Waals surface area contributed by atoms with Gasteiger partial charge >= 0.3 is 6.36 Å². The first-order valence-electron chi connectivity index (χ1n) is 9.64. The van der Waals surface area contributed by atoms with Crippen LogP contribution < -0.4 is 15.4 Å². The van der Waals surface area contributed by atoms with E-state index in [1.165, 1.54) is 12.1 Å². The number of hydrogen-bond acceptors (Lipinski definition) is 4. The zero-order valence-electron chi connectivity index (χ0n) is 17.1. The van der Waals surface area contributed by atoms with Crippen molar-refractivity contribution in [3.8, 4) is 5.75 Å². The quantitative estimate of drug-likeness (QED) is 0.207. The molecule has 30 heavy (non-hydrogen) atoms. The van der Waals surface area contributed by atoms with E-state index in [4.69, 9.17) is 0 Å². The summed E-state index contributed by atoms with van der Waals surface area (Å²) in [7, 11) is 0. The van der Waals surface area contributed by atoms with Gasteiger partial charge in [0.05, 0.1) is 6.54 Å². The van der Waals surface area contributed by atoms with Crippen LogP contribution in [-0.2, 0) is 19.5 Å². The van der Waals surface area contributed by atoms with Gasteiger partial charge in [-0.1, -0.05) is 32.4 Å². The Kier molecular flexibility index (Phi) is 11.5. The summed E-state index contributed by atoms with van der Waals surface area (Å²) in [6.45, 7) is 6.59. The molecule has 0 bridgehead atoms. The van der Waals surface area contributed by atoms with Crippen molar-refractivity contribution in [2.24, 2.45) is 4.99 Å². The molecule has 0 amide bonds. The van der Waals surface area contributed by atoms with Gasteiger partial charge in [0.25, 0.3) is 0 Å². The smallest absolute Gasteiger partial charge is 0.406 e. The van der Waals surface area contributed by atoms with Crippen LogP contribution in [0.25, 0.3) is 0 Å². The molecule has 0 spiro atoms. The second-order valence-corrected chi connectivity index (χ2v) is 6.36. The molecule has 0 fully saturated rings. The summed E-state index contributed by atoms with van der Waals surface area (Å²) in [5.41, 5.74) is 0.781. The summed E-state index contributed by atoms with van der Waals surface area (Å²) in [6, 6.07) is 5.71. The number of aromatic nitrogens is 3. The Hall–Kier alpha value is -2.05. The van der Waals surface area contributed by atoms with Crippen LogP contribution in [0.4, 0.5) is 13.2 Å². The number of halogens is 4. The highest BCUT2D eigenvalue weighted by atomic mass is 127. The fourth-order valence-electron chi connectivity index (χ4n) is 2.56. The predicted molar refractivity (Wildman–Crippen MR) is 120 cm³/mol. The van der Waals surface area contributed by atoms with Gasteiger partial charge in [-0.15, -0.1) is 47.3 Å². The highest BCUT2D eigenvalue weighted by Gasteiger charge is 2.30. The lowest BCUT2D eigenvalue weighted by molar-refractivity contribution is -0.274. The van der Waals surface area contributed by atoms with Crippen molar-refractivity contribution < 1.29 is 17.9 Å². The summed E-state index contributed by atoms with van der Waals surface area (Å²) < 4.78 is 42.6. The summed E-state index contributed by atoms with van der Waals surface area (Å²) in [5.74, 6) is 1.33. The molecule has 0 saturated carbocycles. The molecule has 0 radical (unpaired) electrons. The molecule has 2 rings (SSSR count). The first-order chi connectivity index (χ1) is 13.9. The summed E-state index contributed by atoms with van der Waals surface area (Å²) in [6.07, 6.45) is -0.115. The number of ether oxygens (including phenoxy) is 1. The van der Waals surface area contributed by atoms with E-state index in [1.54, 1.807) is 18.5 Å². The Morgan fingerprint density at radius 3 is 2.47 bits per heavy atom. The average molecular weight is 540 g/mol. The van der Waals surface area contributed by atoms with Gasteiger partial charge in [0.2, 0.25) is 0 Å². The maximum absolute atomic E-state index is 12.2. The molecule has 1 aromatic heterocycles. The molecule has 0 aliphatic rings. The molecule has 1 heterocycles. The monoisotopic (exact) mass is 540 g/mol. The third kappa shape index (κ3) is 9.63. The van der Waals surface area contributed by atoms with E-state index in [0.717, 1.165) is 37.2 Å². The van der Waals surface area contributed by atoms with E-state index in [2.05, 4.69) is 37.5 Å². The third-order valence-electron chi connectivity index (χ3n) is 4.06. The van der Waals surface area contributed by atoms with Crippen molar-refractivity contribution in [3.05, 3.63) is 42.0 Å². The van der Waals surface area contributed by atoms with Gasteiger partial charge in [-0.2, -0.15) is 0 Å². The van der Waals surface area contributed by atoms with E-state index >= 15 is 0 Å². The number of rotatable bonds is 10. The van der Waals surface area contributed by atoms with Gasteiger partial charge in [0.15, 0.2) is 5.96 Å². The second kappa shape index (κ2) is 13.3. The van der Waals surface area contributed by atoms with E-state index in [1.807, 2.05) is 11.5 Å². The molecule has 7 nitrogen and oxygen atoms in total. The lowest BCUT2D eigenvalue weighted by atomic mass is 10.2. The van der Waals surface area contributed by atoms with Crippen molar-refractivity contribution in [2.45, 2.75) is 52.6 Å². The molecule has 1 aromatic carbocycles. The lowest BCUT2D eigenvalue weighted by Gasteiger charge is -2.13. The van der Waals surface area contributed by atoms with Gasteiger partial charge < -0.3 is 19.9 Å². The van der Waals surface area contributed by atoms with E-state index in [0.29, 0.717) is 25.6 Å². The van der Waals surface area contributed by atoms with Crippen LogP contribution in [0.5, 0.6) is 5.75 Å². The number of hydrogen-bond donors (Lipinski definition) is 2. The Morgan fingerprint density at radius 2 is 1.83 bits per heavy atom. The van der Waals surface area contributed by atoms with Crippen molar-refractivity contribution >= 4 is 29.9 Å². The molecular formula is C19H28F3IN6O. The molecule has 0 saturated heterocycles. The normalized spacial score (nSPS) is 11.7. The second-order valence-electron chi connectivity index (χ2n) is 6.36. The maximum atomic E-state index is 12.2. The number of benzene rings is 1. The van der Waals surface area contributed by atoms with Crippen molar-refractivity contribution in [3.63, 3.8) is 0 Å². The van der Waals surface area contributed by atoms with Crippen LogP contribution in [0.2, 0.25) is 0 Å². The zero-order valence-corrected chi connectivity index (χ0v) is 19.4. The van der Waals surface area contributed by atoms with Crippen LogP contribution in [0.1, 0.15) is 38.1 Å². The van der Waals surface area contributed by atoms with E-state index < -0.39 is 6.36 Å². The SMILES string of the molecule is CCCCNC(=NCc1ccc(OC(F)(F)F)cc1)NCCn1cnnc1CC.I. The van der Waals surface area contributed by atoms with Gasteiger partial charge in [-0.25, -0.2) is 4.99 Å². The molecule has 168 valence electrons. The fourth-order valence-corrected chi connectivity index (χ4v) is 2.56. The zero-order chi connectivity index (χ0) is 21.1. The topological polar surface area (TPSA) is 76.4 Å². The highest BCUT2D eigenvalue weighted by molar-refractivity contribution is 14.0. The van der Waals surface area contributed by atoms with Crippen LogP contribution in [0, 0.1) is 0 Å². The maximum Gasteiger partial charge on any atom is 0.573 e. The number of aliphatic imine (C=N–C) groups is 1. The third-order valence-corrected chi connectivity index (χ3v) is 4.06. The van der Waals surface area contributed by atoms with Gasteiger partial charge in [-0.05, 0) is 24.1 Å². The molecule has 0 atom stereocenters. The highest BCUT2D eigenvalue weighted by Crippen LogP contribution is 2.22. The first kappa shape index (κ1) is 26.0. The lowest BCUT2D eigenvalue weighted by Crippen LogP contribution is -2.39. The molecule has 0 aliphatic heterocycles. The fraction of sp³-hybridized carbons (Fsp3) is 0.526. The van der Waals surface area contributed by atoms with Gasteiger partial charge in [-0.3, -0.25) is 0 Å². The van der Waals surface area contributed by atoms with Gasteiger partial charge in [0.1, 0.15) is 17.9 Å². The van der Waals surface area contributed by atoms with Crippen LogP contribution in [0.15, 0.2) is 35.6 Å². The van der Waals surface area contributed by atoms with Crippen molar-refractivity contribution in [1.29, 1.82) is 0 Å². The number of nitrogens with zero attached hydrogens (tertiary/aromatic N) is 4. The Morgan fingerprint density at radius 1 is 1.13 bits per heavy atom. The minimum absolute atomic E-state index is 0. The number of nitrogens with one attached hydrogen (secondary N) is 2. The molecule has 11 heteroatoms. The Labute approximate surface area is 191 Å². The minimum atomic E-state index is -4.69. The van der Waals surface area contributed by atoms with Crippen LogP contribution in [0.3, 0.4) is 0 Å². The van der Waals surface area contributed by atoms with E-state index in [-0.39, 0.29) is 29.7 Å². The average Bonchev–Trinajstić information content (AvgIpc) is 3.13. The first-order valence-corrected chi connectivity index (χ1v) is 9.64. The number of unbranched alkanes of at least 4 members (excludes halogenated alkanes) is 1. The molecule has 0 unspecified atom stereocenters. The standard InChI is InChI=1S/C19H27F3N6O.HI/c1-3-5-10-23-18(24-11-12-28-14-26-27-17(28)4-2)25-13-15-6-8-16(9-7-15)29-19(20,21)22;/h6-9,14H,3-5,10-13H2,1-2H3,(H2,23,24,25);1H. The van der Waals surface area contributed by atoms with Gasteiger partial charge in [0, 0.05) is 26.1 Å². The largest absolute Gasteiger partial charge is 0.573 e. The molecule has 2 N–H and O–H groups in total. The summed E-state index contributed by atoms with van der Waals surface area (Å²) in [4.78, 5) is 4.52. The predicted octanol–water partition coefficient (Wildman–Crippen LogP) is 3.89.